The molecule has 1 saturated carbocycles. The third kappa shape index (κ3) is 3.14. The maximum absolute atomic E-state index is 5.76. The van der Waals surface area contributed by atoms with Crippen LogP contribution in [0.4, 0.5) is 0 Å². The number of hydrogen-bond acceptors (Lipinski definition) is 4. The molecule has 2 aromatic heterocycles. The van der Waals surface area contributed by atoms with Crippen molar-refractivity contribution in [3.05, 3.63) is 24.3 Å². The zero-order valence-electron chi connectivity index (χ0n) is 13.0. The van der Waals surface area contributed by atoms with Crippen LogP contribution in [-0.4, -0.2) is 21.6 Å². The predicted octanol–water partition coefficient (Wildman–Crippen LogP) is 3.96. The van der Waals surface area contributed by atoms with E-state index in [4.69, 9.17) is 4.74 Å². The van der Waals surface area contributed by atoms with Crippen molar-refractivity contribution in [2.45, 2.75) is 46.0 Å². The summed E-state index contributed by atoms with van der Waals surface area (Å²) in [5, 5.41) is 0. The van der Waals surface area contributed by atoms with Crippen LogP contribution in [0.5, 0.6) is 5.75 Å². The van der Waals surface area contributed by atoms with Crippen LogP contribution in [0.25, 0.3) is 11.0 Å². The van der Waals surface area contributed by atoms with Gasteiger partial charge >= 0.3 is 0 Å². The van der Waals surface area contributed by atoms with E-state index in [9.17, 15) is 0 Å². The number of hydrogen-bond donors (Lipinski definition) is 0. The Morgan fingerprint density at radius 1 is 1.24 bits per heavy atom. The standard InChI is InChI=1S/C17H23N3O/c1-11(2)4-5-21-14-8-15-17(18-9-14)16(20-10-19-15)13-6-12(3)7-13/h8-13H,4-7H2,1-3H3. The quantitative estimate of drug-likeness (QED) is 0.834. The van der Waals surface area contributed by atoms with Crippen LogP contribution < -0.4 is 4.74 Å². The van der Waals surface area contributed by atoms with Crippen molar-refractivity contribution in [1.82, 2.24) is 15.0 Å². The first-order chi connectivity index (χ1) is 10.1. The molecule has 1 fully saturated rings. The summed E-state index contributed by atoms with van der Waals surface area (Å²) >= 11 is 0. The highest BCUT2D eigenvalue weighted by molar-refractivity contribution is 5.77. The fraction of sp³-hybridized carbons (Fsp3) is 0.588. The highest BCUT2D eigenvalue weighted by Crippen LogP contribution is 2.42. The van der Waals surface area contributed by atoms with Crippen molar-refractivity contribution in [3.63, 3.8) is 0 Å². The second kappa shape index (κ2) is 5.96. The van der Waals surface area contributed by atoms with E-state index in [0.29, 0.717) is 11.8 Å². The lowest BCUT2D eigenvalue weighted by Gasteiger charge is -2.32. The first-order valence-electron chi connectivity index (χ1n) is 7.87. The minimum Gasteiger partial charge on any atom is -0.492 e. The Morgan fingerprint density at radius 3 is 2.76 bits per heavy atom. The van der Waals surface area contributed by atoms with Crippen molar-refractivity contribution < 1.29 is 4.74 Å². The minimum atomic E-state index is 0.547. The maximum Gasteiger partial charge on any atom is 0.139 e. The molecular weight excluding hydrogens is 262 g/mol. The van der Waals surface area contributed by atoms with E-state index >= 15 is 0 Å². The summed E-state index contributed by atoms with van der Waals surface area (Å²) in [4.78, 5) is 13.4. The summed E-state index contributed by atoms with van der Waals surface area (Å²) in [6, 6.07) is 1.98. The van der Waals surface area contributed by atoms with Crippen LogP contribution in [0.1, 0.15) is 51.6 Å². The number of ether oxygens (including phenoxy) is 1. The zero-order valence-corrected chi connectivity index (χ0v) is 13.0. The molecule has 0 N–H and O–H groups in total. The molecule has 0 aromatic carbocycles. The Kier molecular flexibility index (Phi) is 4.04. The summed E-state index contributed by atoms with van der Waals surface area (Å²) in [7, 11) is 0. The van der Waals surface area contributed by atoms with Crippen LogP contribution in [0.3, 0.4) is 0 Å². The molecule has 0 radical (unpaired) electrons. The zero-order chi connectivity index (χ0) is 14.8. The van der Waals surface area contributed by atoms with E-state index in [1.165, 1.54) is 12.8 Å². The van der Waals surface area contributed by atoms with Gasteiger partial charge in [-0.3, -0.25) is 0 Å². The number of nitrogens with zero attached hydrogens (tertiary/aromatic N) is 3. The fourth-order valence-electron chi connectivity index (χ4n) is 2.86. The average Bonchev–Trinajstić information content (AvgIpc) is 2.43. The van der Waals surface area contributed by atoms with Gasteiger partial charge in [0.15, 0.2) is 0 Å². The maximum atomic E-state index is 5.76. The molecule has 0 aliphatic heterocycles. The van der Waals surface area contributed by atoms with Crippen LogP contribution in [0.2, 0.25) is 0 Å². The van der Waals surface area contributed by atoms with Gasteiger partial charge in [-0.15, -0.1) is 0 Å². The number of aromatic nitrogens is 3. The number of rotatable bonds is 5. The van der Waals surface area contributed by atoms with Crippen molar-refractivity contribution in [2.24, 2.45) is 11.8 Å². The Hall–Kier alpha value is -1.71. The van der Waals surface area contributed by atoms with Crippen LogP contribution >= 0.6 is 0 Å². The smallest absolute Gasteiger partial charge is 0.139 e. The molecule has 21 heavy (non-hydrogen) atoms. The average molecular weight is 285 g/mol. The fourth-order valence-corrected chi connectivity index (χ4v) is 2.86. The van der Waals surface area contributed by atoms with E-state index < -0.39 is 0 Å². The molecule has 112 valence electrons. The van der Waals surface area contributed by atoms with Gasteiger partial charge in [0.1, 0.15) is 17.6 Å². The summed E-state index contributed by atoms with van der Waals surface area (Å²) in [5.41, 5.74) is 2.93. The van der Waals surface area contributed by atoms with Gasteiger partial charge < -0.3 is 4.74 Å². The molecule has 0 atom stereocenters. The lowest BCUT2D eigenvalue weighted by atomic mass is 9.74. The Labute approximate surface area is 126 Å². The van der Waals surface area contributed by atoms with E-state index in [1.54, 1.807) is 12.5 Å². The highest BCUT2D eigenvalue weighted by atomic mass is 16.5. The van der Waals surface area contributed by atoms with Gasteiger partial charge in [0.25, 0.3) is 0 Å². The normalized spacial score (nSPS) is 21.5. The third-order valence-corrected chi connectivity index (χ3v) is 4.20. The van der Waals surface area contributed by atoms with Crippen molar-refractivity contribution in [3.8, 4) is 5.75 Å². The van der Waals surface area contributed by atoms with E-state index in [1.807, 2.05) is 6.07 Å². The molecule has 0 unspecified atom stereocenters. The first kappa shape index (κ1) is 14.2. The molecule has 0 bridgehead atoms. The van der Waals surface area contributed by atoms with E-state index in [0.717, 1.165) is 41.4 Å². The van der Waals surface area contributed by atoms with Gasteiger partial charge in [0.05, 0.1) is 24.0 Å². The molecule has 1 aliphatic carbocycles. The predicted molar refractivity (Wildman–Crippen MR) is 83.4 cm³/mol. The van der Waals surface area contributed by atoms with Crippen molar-refractivity contribution >= 4 is 11.0 Å². The monoisotopic (exact) mass is 285 g/mol. The van der Waals surface area contributed by atoms with Crippen LogP contribution in [0.15, 0.2) is 18.6 Å². The molecule has 3 rings (SSSR count). The summed E-state index contributed by atoms with van der Waals surface area (Å²) in [6.45, 7) is 7.40. The van der Waals surface area contributed by atoms with Gasteiger partial charge in [-0.2, -0.15) is 0 Å². The second-order valence-electron chi connectivity index (χ2n) is 6.60. The molecular formula is C17H23N3O. The molecule has 2 heterocycles. The van der Waals surface area contributed by atoms with E-state index in [2.05, 4.69) is 35.7 Å². The summed E-state index contributed by atoms with van der Waals surface area (Å²) in [5.74, 6) is 2.80. The Balaban J connectivity index is 1.79. The largest absolute Gasteiger partial charge is 0.492 e. The van der Waals surface area contributed by atoms with Gasteiger partial charge in [-0.05, 0) is 31.1 Å². The first-order valence-corrected chi connectivity index (χ1v) is 7.87. The highest BCUT2D eigenvalue weighted by Gasteiger charge is 2.29. The lowest BCUT2D eigenvalue weighted by Crippen LogP contribution is -2.20. The summed E-state index contributed by atoms with van der Waals surface area (Å²) < 4.78 is 5.76. The molecule has 0 saturated heterocycles. The molecule has 0 amide bonds. The molecule has 0 spiro atoms. The Bertz CT molecular complexity index is 620. The van der Waals surface area contributed by atoms with Crippen LogP contribution in [0, 0.1) is 11.8 Å². The van der Waals surface area contributed by atoms with Gasteiger partial charge in [-0.1, -0.05) is 20.8 Å². The van der Waals surface area contributed by atoms with Crippen molar-refractivity contribution in [2.75, 3.05) is 6.61 Å². The van der Waals surface area contributed by atoms with Gasteiger partial charge in [0, 0.05) is 12.0 Å². The topological polar surface area (TPSA) is 47.9 Å². The molecule has 4 heteroatoms. The molecule has 1 aliphatic rings. The minimum absolute atomic E-state index is 0.547. The third-order valence-electron chi connectivity index (χ3n) is 4.20. The van der Waals surface area contributed by atoms with Crippen LogP contribution in [-0.2, 0) is 0 Å². The second-order valence-corrected chi connectivity index (χ2v) is 6.60. The Morgan fingerprint density at radius 2 is 2.05 bits per heavy atom. The molecule has 2 aromatic rings. The van der Waals surface area contributed by atoms with Gasteiger partial charge in [0.2, 0.25) is 0 Å². The van der Waals surface area contributed by atoms with Crippen molar-refractivity contribution in [1.29, 1.82) is 0 Å². The molecule has 4 nitrogen and oxygen atoms in total. The lowest BCUT2D eigenvalue weighted by molar-refractivity contribution is 0.284. The number of fused-ring (bicyclic) bond motifs is 1. The summed E-state index contributed by atoms with van der Waals surface area (Å²) in [6.07, 6.45) is 6.92. The number of pyridine rings is 1. The van der Waals surface area contributed by atoms with E-state index in [-0.39, 0.29) is 0 Å². The SMILES string of the molecule is CC(C)CCOc1cnc2c(C3CC(C)C3)ncnc2c1. The van der Waals surface area contributed by atoms with Gasteiger partial charge in [-0.25, -0.2) is 15.0 Å².